The summed E-state index contributed by atoms with van der Waals surface area (Å²) in [6.07, 6.45) is -1.64. The number of aliphatic hydroxyl groups is 1. The van der Waals surface area contributed by atoms with Crippen LogP contribution in [0.25, 0.3) is 11.0 Å². The number of carbonyl (C=O) groups is 1. The zero-order chi connectivity index (χ0) is 24.8. The van der Waals surface area contributed by atoms with Crippen LogP contribution < -0.4 is 0 Å². The number of hydrogen-bond donors (Lipinski definition) is 5. The monoisotopic (exact) mass is 530 g/mol. The highest BCUT2D eigenvalue weighted by atomic mass is 31.3. The summed E-state index contributed by atoms with van der Waals surface area (Å²) in [7, 11) is -16.5. The summed E-state index contributed by atoms with van der Waals surface area (Å²) in [5, 5.41) is 10.3. The average molecular weight is 530 g/mol. The Morgan fingerprint density at radius 1 is 1.18 bits per heavy atom. The number of aryl methyl sites for hydroxylation is 1. The second kappa shape index (κ2) is 9.38. The SMILES string of the molecule is CC(=O)c1cc2ncn(C3CC(O)C(COP(=O)(O)OP(=O)(O)OP(=O)(O)O)O3)c2cc1C. The lowest BCUT2D eigenvalue weighted by molar-refractivity contribution is -0.0421. The van der Waals surface area contributed by atoms with Gasteiger partial charge in [0.05, 0.1) is 30.1 Å². The van der Waals surface area contributed by atoms with Crippen molar-refractivity contribution in [3.8, 4) is 0 Å². The molecular weight excluding hydrogens is 509 g/mol. The van der Waals surface area contributed by atoms with Gasteiger partial charge in [0.2, 0.25) is 0 Å². The van der Waals surface area contributed by atoms with Crippen LogP contribution in [0.3, 0.4) is 0 Å². The Morgan fingerprint density at radius 3 is 2.45 bits per heavy atom. The fourth-order valence-electron chi connectivity index (χ4n) is 3.29. The van der Waals surface area contributed by atoms with Gasteiger partial charge >= 0.3 is 23.5 Å². The maximum atomic E-state index is 11.9. The molecule has 5 N–H and O–H groups in total. The van der Waals surface area contributed by atoms with Gasteiger partial charge in [0.1, 0.15) is 12.3 Å². The third-order valence-electron chi connectivity index (χ3n) is 4.63. The lowest BCUT2D eigenvalue weighted by atomic mass is 10.0. The second-order valence-corrected chi connectivity index (χ2v) is 11.6. The summed E-state index contributed by atoms with van der Waals surface area (Å²) in [6.45, 7) is 2.41. The first-order chi connectivity index (χ1) is 15.1. The minimum atomic E-state index is -5.65. The molecule has 1 aliphatic heterocycles. The van der Waals surface area contributed by atoms with Crippen molar-refractivity contribution < 1.29 is 61.1 Å². The normalized spacial score (nSPS) is 25.1. The number of carbonyl (C=O) groups excluding carboxylic acids is 1. The quantitative estimate of drug-likeness (QED) is 0.229. The lowest BCUT2D eigenvalue weighted by Gasteiger charge is -2.19. The van der Waals surface area contributed by atoms with Crippen molar-refractivity contribution in [2.24, 2.45) is 0 Å². The Labute approximate surface area is 186 Å². The Morgan fingerprint density at radius 2 is 1.85 bits per heavy atom. The number of hydrogen-bond acceptors (Lipinski definition) is 10. The zero-order valence-electron chi connectivity index (χ0n) is 17.1. The van der Waals surface area contributed by atoms with Crippen molar-refractivity contribution in [3.63, 3.8) is 0 Å². The van der Waals surface area contributed by atoms with Gasteiger partial charge in [0, 0.05) is 12.0 Å². The highest BCUT2D eigenvalue weighted by molar-refractivity contribution is 7.66. The first-order valence-corrected chi connectivity index (χ1v) is 13.7. The number of benzene rings is 1. The molecule has 0 saturated carbocycles. The van der Waals surface area contributed by atoms with Crippen molar-refractivity contribution in [2.45, 2.75) is 38.7 Å². The van der Waals surface area contributed by atoms with Crippen LogP contribution in [-0.2, 0) is 31.6 Å². The second-order valence-electron chi connectivity index (χ2n) is 7.18. The van der Waals surface area contributed by atoms with E-state index in [1.807, 2.05) is 0 Å². The summed E-state index contributed by atoms with van der Waals surface area (Å²) < 4.78 is 52.9. The molecule has 5 unspecified atom stereocenters. The van der Waals surface area contributed by atoms with Crippen LogP contribution in [0.1, 0.15) is 35.5 Å². The number of fused-ring (bicyclic) bond motifs is 1. The van der Waals surface area contributed by atoms with Crippen LogP contribution in [0.5, 0.6) is 0 Å². The number of nitrogens with zero attached hydrogens (tertiary/aromatic N) is 2. The fourth-order valence-corrected chi connectivity index (χ4v) is 6.32. The third kappa shape index (κ3) is 6.64. The van der Waals surface area contributed by atoms with E-state index in [1.165, 1.54) is 13.3 Å². The average Bonchev–Trinajstić information content (AvgIpc) is 3.18. The molecule has 18 heteroatoms. The van der Waals surface area contributed by atoms with Gasteiger partial charge in [-0.1, -0.05) is 0 Å². The molecular formula is C15H21N2O13P3. The van der Waals surface area contributed by atoms with Crippen LogP contribution in [-0.4, -0.2) is 58.8 Å². The molecule has 1 aromatic carbocycles. The molecule has 184 valence electrons. The number of phosphoric ester groups is 1. The van der Waals surface area contributed by atoms with E-state index in [2.05, 4.69) is 18.1 Å². The molecule has 0 amide bonds. The van der Waals surface area contributed by atoms with E-state index in [9.17, 15) is 28.5 Å². The van der Waals surface area contributed by atoms with Gasteiger partial charge in [-0.25, -0.2) is 18.7 Å². The first-order valence-electron chi connectivity index (χ1n) is 9.17. The maximum absolute atomic E-state index is 11.9. The highest BCUT2D eigenvalue weighted by Gasteiger charge is 2.43. The van der Waals surface area contributed by atoms with E-state index in [0.29, 0.717) is 22.2 Å². The molecule has 5 atom stereocenters. The maximum Gasteiger partial charge on any atom is 0.490 e. The number of phosphoric acid groups is 3. The molecule has 1 fully saturated rings. The molecule has 2 heterocycles. The third-order valence-corrected chi connectivity index (χ3v) is 8.44. The van der Waals surface area contributed by atoms with Crippen molar-refractivity contribution in [1.29, 1.82) is 0 Å². The van der Waals surface area contributed by atoms with Gasteiger partial charge in [0.25, 0.3) is 0 Å². The van der Waals surface area contributed by atoms with Gasteiger partial charge < -0.3 is 34.0 Å². The molecule has 0 radical (unpaired) electrons. The minimum absolute atomic E-state index is 0.0311. The lowest BCUT2D eigenvalue weighted by Crippen LogP contribution is -2.26. The molecule has 1 aromatic heterocycles. The van der Waals surface area contributed by atoms with E-state index in [4.69, 9.17) is 19.4 Å². The summed E-state index contributed by atoms with van der Waals surface area (Å²) in [6, 6.07) is 3.36. The number of ketones is 1. The standard InChI is InChI=1S/C15H21N2O13P3/c1-8-3-12-11(4-10(8)9(2)18)16-7-17(12)15-5-13(19)14(28-15)6-27-32(23,24)30-33(25,26)29-31(20,21)22/h3-4,7,13-15,19H,5-6H2,1-2H3,(H,23,24)(H,25,26)(H2,20,21,22). The Hall–Kier alpha value is -1.31. The van der Waals surface area contributed by atoms with Crippen molar-refractivity contribution in [3.05, 3.63) is 29.6 Å². The van der Waals surface area contributed by atoms with Crippen molar-refractivity contribution in [1.82, 2.24) is 9.55 Å². The first kappa shape index (κ1) is 26.3. The van der Waals surface area contributed by atoms with Crippen LogP contribution in [0.15, 0.2) is 18.5 Å². The number of imidazole rings is 1. The van der Waals surface area contributed by atoms with E-state index >= 15 is 0 Å². The molecule has 0 spiro atoms. The summed E-state index contributed by atoms with van der Waals surface area (Å²) in [4.78, 5) is 51.7. The van der Waals surface area contributed by atoms with Gasteiger partial charge in [-0.15, -0.1) is 0 Å². The van der Waals surface area contributed by atoms with Gasteiger partial charge in [-0.2, -0.15) is 8.62 Å². The largest absolute Gasteiger partial charge is 0.490 e. The molecule has 2 aromatic rings. The minimum Gasteiger partial charge on any atom is -0.390 e. The summed E-state index contributed by atoms with van der Waals surface area (Å²) in [5.74, 6) is -0.122. The van der Waals surface area contributed by atoms with Crippen LogP contribution in [0.2, 0.25) is 0 Å². The Balaban J connectivity index is 1.68. The summed E-state index contributed by atoms with van der Waals surface area (Å²) >= 11 is 0. The van der Waals surface area contributed by atoms with E-state index < -0.39 is 48.5 Å². The van der Waals surface area contributed by atoms with Crippen molar-refractivity contribution >= 4 is 40.3 Å². The predicted octanol–water partition coefficient (Wildman–Crippen LogP) is 1.54. The van der Waals surface area contributed by atoms with Crippen LogP contribution >= 0.6 is 23.5 Å². The molecule has 33 heavy (non-hydrogen) atoms. The van der Waals surface area contributed by atoms with E-state index in [-0.39, 0.29) is 12.2 Å². The Kier molecular flexibility index (Phi) is 7.48. The number of rotatable bonds is 9. The molecule has 0 aliphatic carbocycles. The topological polar surface area (TPSA) is 224 Å². The fraction of sp³-hybridized carbons (Fsp3) is 0.467. The number of aliphatic hydroxyl groups excluding tert-OH is 1. The number of aromatic nitrogens is 2. The molecule has 3 rings (SSSR count). The van der Waals surface area contributed by atoms with Gasteiger partial charge in [-0.05, 0) is 31.5 Å². The van der Waals surface area contributed by atoms with Gasteiger partial charge in [-0.3, -0.25) is 9.32 Å². The van der Waals surface area contributed by atoms with E-state index in [1.54, 1.807) is 23.6 Å². The number of ether oxygens (including phenoxy) is 1. The molecule has 1 aliphatic rings. The number of Topliss-reactive ketones (excluding diaryl/α,β-unsaturated/α-hetero) is 1. The molecule has 0 bridgehead atoms. The zero-order valence-corrected chi connectivity index (χ0v) is 19.8. The smallest absolute Gasteiger partial charge is 0.390 e. The highest BCUT2D eigenvalue weighted by Crippen LogP contribution is 2.66. The molecule has 15 nitrogen and oxygen atoms in total. The van der Waals surface area contributed by atoms with Gasteiger partial charge in [0.15, 0.2) is 5.78 Å². The molecule has 1 saturated heterocycles. The predicted molar refractivity (Wildman–Crippen MR) is 109 cm³/mol. The summed E-state index contributed by atoms with van der Waals surface area (Å²) in [5.41, 5.74) is 2.34. The van der Waals surface area contributed by atoms with Crippen LogP contribution in [0, 0.1) is 6.92 Å². The van der Waals surface area contributed by atoms with Crippen molar-refractivity contribution in [2.75, 3.05) is 6.61 Å². The van der Waals surface area contributed by atoms with E-state index in [0.717, 1.165) is 0 Å². The van der Waals surface area contributed by atoms with Crippen LogP contribution in [0.4, 0.5) is 0 Å². The Bertz CT molecular complexity index is 1210.